The third-order valence-electron chi connectivity index (χ3n) is 4.79. The molecule has 0 spiro atoms. The Kier molecular flexibility index (Phi) is 5.33. The van der Waals surface area contributed by atoms with Gasteiger partial charge in [0.25, 0.3) is 0 Å². The molecule has 0 bridgehead atoms. The fourth-order valence-corrected chi connectivity index (χ4v) is 4.06. The Morgan fingerprint density at radius 3 is 2.54 bits per heavy atom. The molecule has 1 fully saturated rings. The molecule has 136 valence electrons. The zero-order valence-corrected chi connectivity index (χ0v) is 16.1. The fourth-order valence-electron chi connectivity index (χ4n) is 3.63. The Labute approximate surface area is 159 Å². The van der Waals surface area contributed by atoms with Crippen molar-refractivity contribution in [3.63, 3.8) is 0 Å². The van der Waals surface area contributed by atoms with Crippen LogP contribution in [0.3, 0.4) is 0 Å². The van der Waals surface area contributed by atoms with Gasteiger partial charge < -0.3 is 9.80 Å². The van der Waals surface area contributed by atoms with Gasteiger partial charge in [0.05, 0.1) is 16.6 Å². The minimum absolute atomic E-state index is 0.0181. The summed E-state index contributed by atoms with van der Waals surface area (Å²) in [5.41, 5.74) is 3.58. The molecule has 2 aromatic rings. The van der Waals surface area contributed by atoms with Crippen molar-refractivity contribution in [2.45, 2.75) is 27.2 Å². The molecule has 5 heteroatoms. The summed E-state index contributed by atoms with van der Waals surface area (Å²) in [5, 5.41) is 0.555. The van der Waals surface area contributed by atoms with E-state index >= 15 is 0 Å². The van der Waals surface area contributed by atoms with Crippen LogP contribution < -0.4 is 9.80 Å². The molecular formula is C21H23ClN2O2. The van der Waals surface area contributed by atoms with Crippen LogP contribution in [-0.4, -0.2) is 24.9 Å². The van der Waals surface area contributed by atoms with Gasteiger partial charge in [0.15, 0.2) is 0 Å². The lowest BCUT2D eigenvalue weighted by molar-refractivity contribution is -0.124. The average Bonchev–Trinajstić information content (AvgIpc) is 2.97. The van der Waals surface area contributed by atoms with Gasteiger partial charge in [-0.3, -0.25) is 9.59 Å². The van der Waals surface area contributed by atoms with Crippen molar-refractivity contribution in [1.29, 1.82) is 0 Å². The van der Waals surface area contributed by atoms with Gasteiger partial charge >= 0.3 is 0 Å². The van der Waals surface area contributed by atoms with E-state index in [0.717, 1.165) is 22.5 Å². The summed E-state index contributed by atoms with van der Waals surface area (Å²) in [4.78, 5) is 29.1. The number of para-hydroxylation sites is 1. The van der Waals surface area contributed by atoms with E-state index in [9.17, 15) is 9.59 Å². The smallest absolute Gasteiger partial charge is 0.232 e. The van der Waals surface area contributed by atoms with Crippen LogP contribution in [0.4, 0.5) is 11.4 Å². The molecule has 0 aliphatic carbocycles. The molecule has 1 unspecified atom stereocenters. The maximum atomic E-state index is 13.0. The Hall–Kier alpha value is -2.33. The number of carbonyl (C=O) groups excluding carboxylic acids is 2. The monoisotopic (exact) mass is 370 g/mol. The number of hydrogen-bond donors (Lipinski definition) is 0. The van der Waals surface area contributed by atoms with Crippen LogP contribution >= 0.6 is 11.6 Å². The van der Waals surface area contributed by atoms with Crippen LogP contribution in [0.15, 0.2) is 42.5 Å². The van der Waals surface area contributed by atoms with Crippen molar-refractivity contribution < 1.29 is 9.59 Å². The first-order valence-electron chi connectivity index (χ1n) is 8.86. The molecule has 4 nitrogen and oxygen atoms in total. The lowest BCUT2D eigenvalue weighted by Crippen LogP contribution is -2.37. The molecule has 26 heavy (non-hydrogen) atoms. The van der Waals surface area contributed by atoms with Gasteiger partial charge in [0, 0.05) is 25.2 Å². The number of hydrogen-bond acceptors (Lipinski definition) is 2. The second-order valence-corrected chi connectivity index (χ2v) is 7.14. The Balaban J connectivity index is 1.85. The summed E-state index contributed by atoms with van der Waals surface area (Å²) in [6.07, 6.45) is 0.214. The lowest BCUT2D eigenvalue weighted by Gasteiger charge is -2.25. The minimum Gasteiger partial charge on any atom is -0.312 e. The molecule has 1 aliphatic heterocycles. The first kappa shape index (κ1) is 18.5. The van der Waals surface area contributed by atoms with E-state index in [1.165, 1.54) is 0 Å². The molecule has 3 rings (SSSR count). The summed E-state index contributed by atoms with van der Waals surface area (Å²) in [5.74, 6) is -0.434. The van der Waals surface area contributed by atoms with Crippen LogP contribution in [0.1, 0.15) is 24.5 Å². The predicted octanol–water partition coefficient (Wildman–Crippen LogP) is 4.36. The quantitative estimate of drug-likeness (QED) is 0.802. The highest BCUT2D eigenvalue weighted by Crippen LogP contribution is 2.35. The van der Waals surface area contributed by atoms with Gasteiger partial charge in [-0.2, -0.15) is 0 Å². The average molecular weight is 371 g/mol. The molecule has 1 atom stereocenters. The van der Waals surface area contributed by atoms with E-state index in [-0.39, 0.29) is 24.2 Å². The predicted molar refractivity (Wildman–Crippen MR) is 106 cm³/mol. The normalized spacial score (nSPS) is 16.8. The molecule has 0 aromatic heterocycles. The standard InChI is InChI=1S/C21H23ClN2O2/c1-4-23(17-8-6-5-7-9-17)21(26)16-12-19(25)24(13-16)20-15(3)10-14(2)11-18(20)22/h5-11,16H,4,12-13H2,1-3H3. The summed E-state index contributed by atoms with van der Waals surface area (Å²) in [6, 6.07) is 13.4. The molecule has 1 heterocycles. The van der Waals surface area contributed by atoms with E-state index in [1.807, 2.05) is 63.2 Å². The van der Waals surface area contributed by atoms with E-state index in [0.29, 0.717) is 18.1 Å². The van der Waals surface area contributed by atoms with Crippen molar-refractivity contribution in [3.05, 3.63) is 58.6 Å². The molecule has 0 saturated carbocycles. The van der Waals surface area contributed by atoms with Crippen LogP contribution in [-0.2, 0) is 9.59 Å². The van der Waals surface area contributed by atoms with E-state index in [4.69, 9.17) is 11.6 Å². The van der Waals surface area contributed by atoms with Gasteiger partial charge in [0.1, 0.15) is 0 Å². The number of rotatable bonds is 4. The number of amides is 2. The zero-order valence-electron chi connectivity index (χ0n) is 15.3. The van der Waals surface area contributed by atoms with Gasteiger partial charge in [-0.25, -0.2) is 0 Å². The largest absolute Gasteiger partial charge is 0.312 e. The summed E-state index contributed by atoms with van der Waals surface area (Å²) < 4.78 is 0. The molecule has 2 amide bonds. The molecule has 0 N–H and O–H groups in total. The van der Waals surface area contributed by atoms with Gasteiger partial charge in [-0.05, 0) is 50.1 Å². The summed E-state index contributed by atoms with van der Waals surface area (Å²) in [7, 11) is 0. The molecule has 1 aliphatic rings. The highest BCUT2D eigenvalue weighted by Gasteiger charge is 2.38. The number of aryl methyl sites for hydroxylation is 2. The molecule has 2 aromatic carbocycles. The topological polar surface area (TPSA) is 40.6 Å². The maximum absolute atomic E-state index is 13.0. The van der Waals surface area contributed by atoms with Crippen molar-refractivity contribution in [3.8, 4) is 0 Å². The van der Waals surface area contributed by atoms with Crippen LogP contribution in [0.25, 0.3) is 0 Å². The number of halogens is 1. The van der Waals surface area contributed by atoms with Gasteiger partial charge in [0.2, 0.25) is 11.8 Å². The number of nitrogens with zero attached hydrogens (tertiary/aromatic N) is 2. The third-order valence-corrected chi connectivity index (χ3v) is 5.08. The van der Waals surface area contributed by atoms with Crippen LogP contribution in [0.2, 0.25) is 5.02 Å². The highest BCUT2D eigenvalue weighted by molar-refractivity contribution is 6.34. The van der Waals surface area contributed by atoms with Crippen molar-refractivity contribution in [1.82, 2.24) is 0 Å². The lowest BCUT2D eigenvalue weighted by atomic mass is 10.1. The second-order valence-electron chi connectivity index (χ2n) is 6.74. The van der Waals surface area contributed by atoms with Crippen LogP contribution in [0, 0.1) is 19.8 Å². The maximum Gasteiger partial charge on any atom is 0.232 e. The summed E-state index contributed by atoms with van der Waals surface area (Å²) >= 11 is 6.40. The van der Waals surface area contributed by atoms with Crippen molar-refractivity contribution >= 4 is 34.8 Å². The minimum atomic E-state index is -0.362. The first-order chi connectivity index (χ1) is 12.4. The number of anilines is 2. The van der Waals surface area contributed by atoms with E-state index < -0.39 is 0 Å². The molecule has 0 radical (unpaired) electrons. The Morgan fingerprint density at radius 1 is 1.23 bits per heavy atom. The fraction of sp³-hybridized carbons (Fsp3) is 0.333. The number of carbonyl (C=O) groups is 2. The number of benzene rings is 2. The SMILES string of the molecule is CCN(C(=O)C1CC(=O)N(c2c(C)cc(C)cc2Cl)C1)c1ccccc1. The first-order valence-corrected chi connectivity index (χ1v) is 9.23. The Bertz CT molecular complexity index is 812. The van der Waals surface area contributed by atoms with Gasteiger partial charge in [-0.15, -0.1) is 0 Å². The Morgan fingerprint density at radius 2 is 1.92 bits per heavy atom. The van der Waals surface area contributed by atoms with Gasteiger partial charge in [-0.1, -0.05) is 35.9 Å². The van der Waals surface area contributed by atoms with E-state index in [1.54, 1.807) is 9.80 Å². The zero-order chi connectivity index (χ0) is 18.8. The summed E-state index contributed by atoms with van der Waals surface area (Å²) in [6.45, 7) is 6.79. The van der Waals surface area contributed by atoms with Crippen LogP contribution in [0.5, 0.6) is 0 Å². The van der Waals surface area contributed by atoms with Crippen molar-refractivity contribution in [2.24, 2.45) is 5.92 Å². The van der Waals surface area contributed by atoms with Crippen molar-refractivity contribution in [2.75, 3.05) is 22.9 Å². The second kappa shape index (κ2) is 7.50. The van der Waals surface area contributed by atoms with E-state index in [2.05, 4.69) is 0 Å². The molecule has 1 saturated heterocycles. The highest BCUT2D eigenvalue weighted by atomic mass is 35.5. The molecular weight excluding hydrogens is 348 g/mol. The third kappa shape index (κ3) is 3.47.